The molecule has 6 heteroatoms. The zero-order chi connectivity index (χ0) is 19.1. The number of para-hydroxylation sites is 1. The van der Waals surface area contributed by atoms with Gasteiger partial charge < -0.3 is 4.57 Å². The van der Waals surface area contributed by atoms with E-state index in [1.165, 1.54) is 12.1 Å². The minimum Gasteiger partial charge on any atom is -0.342 e. The summed E-state index contributed by atoms with van der Waals surface area (Å²) in [7, 11) is 0. The number of pyridine rings is 1. The van der Waals surface area contributed by atoms with Crippen LogP contribution >= 0.6 is 0 Å². The number of hydrogen-bond donors (Lipinski definition) is 0. The van der Waals surface area contributed by atoms with E-state index in [-0.39, 0.29) is 17.4 Å². The fraction of sp³-hybridized carbons (Fsp3) is 0.136. The fourth-order valence-electron chi connectivity index (χ4n) is 3.68. The van der Waals surface area contributed by atoms with Crippen LogP contribution < -0.4 is 5.56 Å². The number of aromatic nitrogens is 3. The van der Waals surface area contributed by atoms with E-state index in [1.54, 1.807) is 29.2 Å². The molecule has 1 atom stereocenters. The third-order valence-corrected chi connectivity index (χ3v) is 5.08. The Balaban J connectivity index is 1.70. The molecule has 5 rings (SSSR count). The molecule has 3 heterocycles. The van der Waals surface area contributed by atoms with E-state index in [1.807, 2.05) is 41.1 Å². The summed E-state index contributed by atoms with van der Waals surface area (Å²) in [4.78, 5) is 17.2. The Hall–Kier alpha value is -3.54. The molecule has 0 aliphatic carbocycles. The molecule has 2 aromatic rings. The zero-order valence-corrected chi connectivity index (χ0v) is 15.0. The largest absolute Gasteiger partial charge is 0.342 e. The van der Waals surface area contributed by atoms with Gasteiger partial charge in [0.2, 0.25) is 0 Å². The first kappa shape index (κ1) is 16.6. The first-order valence-electron chi connectivity index (χ1n) is 9.14. The van der Waals surface area contributed by atoms with Crippen molar-refractivity contribution in [3.63, 3.8) is 0 Å². The number of nitrogens with zero attached hydrogens (tertiary/aromatic N) is 4. The van der Waals surface area contributed by atoms with Gasteiger partial charge in [0.25, 0.3) is 5.56 Å². The monoisotopic (exact) mass is 372 g/mol. The van der Waals surface area contributed by atoms with E-state index in [9.17, 15) is 9.18 Å². The summed E-state index contributed by atoms with van der Waals surface area (Å²) in [6.45, 7) is 0.539. The minimum absolute atomic E-state index is 0.112. The van der Waals surface area contributed by atoms with Gasteiger partial charge in [0.05, 0.1) is 17.1 Å². The predicted molar refractivity (Wildman–Crippen MR) is 107 cm³/mol. The van der Waals surface area contributed by atoms with Crippen molar-refractivity contribution in [2.75, 3.05) is 0 Å². The molecule has 0 saturated carbocycles. The van der Waals surface area contributed by atoms with Gasteiger partial charge in [0.15, 0.2) is 0 Å². The average Bonchev–Trinajstić information content (AvgIpc) is 3.07. The minimum atomic E-state index is -0.263. The van der Waals surface area contributed by atoms with Gasteiger partial charge >= 0.3 is 0 Å². The van der Waals surface area contributed by atoms with Crippen LogP contribution in [0.1, 0.15) is 18.0 Å². The quantitative estimate of drug-likeness (QED) is 0.545. The fourth-order valence-corrected chi connectivity index (χ4v) is 3.68. The van der Waals surface area contributed by atoms with Crippen LogP contribution in [0.15, 0.2) is 76.8 Å². The van der Waals surface area contributed by atoms with Crippen molar-refractivity contribution in [2.24, 2.45) is 4.99 Å². The van der Waals surface area contributed by atoms with E-state index in [0.29, 0.717) is 24.2 Å². The Morgan fingerprint density at radius 2 is 1.93 bits per heavy atom. The summed E-state index contributed by atoms with van der Waals surface area (Å²) < 4.78 is 16.8. The van der Waals surface area contributed by atoms with E-state index in [2.05, 4.69) is 10.1 Å². The van der Waals surface area contributed by atoms with Crippen LogP contribution in [0, 0.1) is 5.82 Å². The van der Waals surface area contributed by atoms with Gasteiger partial charge in [0.1, 0.15) is 11.5 Å². The molecule has 3 aliphatic rings. The third kappa shape index (κ3) is 2.74. The molecule has 3 aliphatic heterocycles. The lowest BCUT2D eigenvalue weighted by Crippen LogP contribution is -2.22. The maximum atomic E-state index is 13.2. The highest BCUT2D eigenvalue weighted by Gasteiger charge is 2.23. The highest BCUT2D eigenvalue weighted by molar-refractivity contribution is 5.93. The maximum Gasteiger partial charge on any atom is 0.278 e. The molecule has 2 aromatic carbocycles. The maximum absolute atomic E-state index is 13.2. The molecular formula is C22H17FN4O. The second-order valence-electron chi connectivity index (χ2n) is 6.89. The molecule has 28 heavy (non-hydrogen) atoms. The average molecular weight is 372 g/mol. The van der Waals surface area contributed by atoms with Gasteiger partial charge in [-0.1, -0.05) is 30.3 Å². The molecule has 5 nitrogen and oxygen atoms in total. The number of fused-ring (bicyclic) bond motifs is 3. The standard InChI is InChI=1S/C22H17FN4O/c23-16-7-5-15(6-8-16)13-26-14-19-21(18-3-1-2-4-20(18)26)25-27(22(19)28)17-9-11-24-12-10-17/h1-9,11-12,14,17H,10,13H2. The van der Waals surface area contributed by atoms with E-state index in [0.717, 1.165) is 16.5 Å². The molecule has 0 aromatic heterocycles. The lowest BCUT2D eigenvalue weighted by Gasteiger charge is -2.14. The number of hydrogen-bond acceptors (Lipinski definition) is 3. The van der Waals surface area contributed by atoms with E-state index in [4.69, 9.17) is 0 Å². The third-order valence-electron chi connectivity index (χ3n) is 5.08. The molecule has 1 unspecified atom stereocenters. The van der Waals surface area contributed by atoms with Crippen LogP contribution in [0.5, 0.6) is 0 Å². The SMILES string of the molecule is O=c1c2cn(Cc3ccc(F)cc3)c3ccccc3c-2nn1C1C=CN=CC1. The van der Waals surface area contributed by atoms with Crippen molar-refractivity contribution in [3.8, 4) is 11.3 Å². The van der Waals surface area contributed by atoms with Gasteiger partial charge in [-0.05, 0) is 29.8 Å². The Kier molecular flexibility index (Phi) is 3.90. The number of halogens is 1. The highest BCUT2D eigenvalue weighted by Crippen LogP contribution is 2.29. The number of aliphatic imine (C=N–C) groups is 1. The van der Waals surface area contributed by atoms with Crippen molar-refractivity contribution in [1.82, 2.24) is 14.3 Å². The number of rotatable bonds is 3. The molecule has 138 valence electrons. The van der Waals surface area contributed by atoms with Crippen molar-refractivity contribution in [2.45, 2.75) is 19.0 Å². The summed E-state index contributed by atoms with van der Waals surface area (Å²) in [5.41, 5.74) is 3.11. The van der Waals surface area contributed by atoms with Crippen LogP contribution in [0.4, 0.5) is 4.39 Å². The molecule has 0 fully saturated rings. The molecule has 0 radical (unpaired) electrons. The summed E-state index contributed by atoms with van der Waals surface area (Å²) in [6.07, 6.45) is 7.89. The molecule has 0 bridgehead atoms. The van der Waals surface area contributed by atoms with Gasteiger partial charge in [-0.2, -0.15) is 5.10 Å². The Labute approximate surface area is 160 Å². The zero-order valence-electron chi connectivity index (χ0n) is 15.0. The van der Waals surface area contributed by atoms with Gasteiger partial charge in [-0.15, -0.1) is 0 Å². The first-order valence-corrected chi connectivity index (χ1v) is 9.14. The molecule has 0 N–H and O–H groups in total. The Morgan fingerprint density at radius 3 is 2.71 bits per heavy atom. The second kappa shape index (κ2) is 6.56. The predicted octanol–water partition coefficient (Wildman–Crippen LogP) is 4.02. The van der Waals surface area contributed by atoms with Crippen LogP contribution in [-0.4, -0.2) is 20.6 Å². The lowest BCUT2D eigenvalue weighted by atomic mass is 10.1. The first-order chi connectivity index (χ1) is 13.7. The normalized spacial score (nSPS) is 16.2. The number of allylic oxidation sites excluding steroid dienone is 1. The summed E-state index contributed by atoms with van der Waals surface area (Å²) in [6, 6.07) is 14.2. The lowest BCUT2D eigenvalue weighted by molar-refractivity contribution is 0.541. The van der Waals surface area contributed by atoms with Crippen LogP contribution in [0.25, 0.3) is 22.2 Å². The van der Waals surface area contributed by atoms with Crippen molar-refractivity contribution in [3.05, 3.63) is 88.7 Å². The van der Waals surface area contributed by atoms with Gasteiger partial charge in [-0.25, -0.2) is 9.07 Å². The molecule has 0 amide bonds. The topological polar surface area (TPSA) is 52.2 Å². The van der Waals surface area contributed by atoms with E-state index < -0.39 is 0 Å². The van der Waals surface area contributed by atoms with Crippen molar-refractivity contribution >= 4 is 17.1 Å². The molecule has 0 saturated heterocycles. The van der Waals surface area contributed by atoms with Crippen LogP contribution in [0.2, 0.25) is 0 Å². The molecule has 0 spiro atoms. The van der Waals surface area contributed by atoms with Crippen molar-refractivity contribution < 1.29 is 4.39 Å². The van der Waals surface area contributed by atoms with Gasteiger partial charge in [-0.3, -0.25) is 9.79 Å². The smallest absolute Gasteiger partial charge is 0.278 e. The Bertz CT molecular complexity index is 1250. The number of benzene rings is 2. The van der Waals surface area contributed by atoms with Crippen LogP contribution in [-0.2, 0) is 6.54 Å². The highest BCUT2D eigenvalue weighted by atomic mass is 19.1. The van der Waals surface area contributed by atoms with Gasteiger partial charge in [0, 0.05) is 37.0 Å². The van der Waals surface area contributed by atoms with Crippen LogP contribution in [0.3, 0.4) is 0 Å². The Morgan fingerprint density at radius 1 is 1.11 bits per heavy atom. The van der Waals surface area contributed by atoms with E-state index >= 15 is 0 Å². The van der Waals surface area contributed by atoms with Crippen molar-refractivity contribution in [1.29, 1.82) is 0 Å². The summed E-state index contributed by atoms with van der Waals surface area (Å²) in [5.74, 6) is -0.263. The summed E-state index contributed by atoms with van der Waals surface area (Å²) >= 11 is 0. The second-order valence-corrected chi connectivity index (χ2v) is 6.89. The summed E-state index contributed by atoms with van der Waals surface area (Å²) in [5, 5.41) is 5.57. The molecular weight excluding hydrogens is 355 g/mol.